The zero-order valence-electron chi connectivity index (χ0n) is 19.5. The summed E-state index contributed by atoms with van der Waals surface area (Å²) in [4.78, 5) is 33.4. The number of fused-ring (bicyclic) bond motifs is 2. The molecule has 10 heteroatoms. The van der Waals surface area contributed by atoms with Crippen LogP contribution < -0.4 is 16.6 Å². The van der Waals surface area contributed by atoms with Crippen LogP contribution in [-0.4, -0.2) is 43.1 Å². The van der Waals surface area contributed by atoms with Gasteiger partial charge in [-0.25, -0.2) is 9.37 Å². The Hall–Kier alpha value is -4.21. The maximum absolute atomic E-state index is 14.9. The zero-order valence-corrected chi connectivity index (χ0v) is 19.5. The molecule has 0 saturated carbocycles. The summed E-state index contributed by atoms with van der Waals surface area (Å²) in [5, 5.41) is 8.89. The molecule has 9 nitrogen and oxygen atoms in total. The number of anilines is 3. The highest BCUT2D eigenvalue weighted by Crippen LogP contribution is 2.30. The van der Waals surface area contributed by atoms with Crippen LogP contribution in [0.25, 0.3) is 10.8 Å². The number of pyridine rings is 2. The van der Waals surface area contributed by atoms with Crippen molar-refractivity contribution in [3.63, 3.8) is 0 Å². The maximum Gasteiger partial charge on any atom is 0.251 e. The van der Waals surface area contributed by atoms with E-state index >= 15 is 0 Å². The number of carbonyl (C=O) groups excluding carboxylic acids is 1. The molecule has 1 aliphatic rings. The number of halogens is 1. The lowest BCUT2D eigenvalue weighted by Gasteiger charge is -2.24. The average molecular weight is 476 g/mol. The van der Waals surface area contributed by atoms with Crippen LogP contribution in [-0.2, 0) is 24.2 Å². The smallest absolute Gasteiger partial charge is 0.251 e. The lowest BCUT2D eigenvalue weighted by atomic mass is 10.0. The van der Waals surface area contributed by atoms with Gasteiger partial charge in [-0.05, 0) is 43.0 Å². The number of aromatic nitrogens is 4. The Morgan fingerprint density at radius 3 is 2.80 bits per heavy atom. The second-order valence-electron chi connectivity index (χ2n) is 8.99. The van der Waals surface area contributed by atoms with Gasteiger partial charge < -0.3 is 20.9 Å². The van der Waals surface area contributed by atoms with Gasteiger partial charge in [0.2, 0.25) is 5.91 Å². The van der Waals surface area contributed by atoms with Crippen molar-refractivity contribution in [2.45, 2.75) is 39.3 Å². The van der Waals surface area contributed by atoms with E-state index in [0.29, 0.717) is 46.5 Å². The van der Waals surface area contributed by atoms with Crippen LogP contribution in [0.1, 0.15) is 30.7 Å². The van der Waals surface area contributed by atoms with Crippen LogP contribution >= 0.6 is 0 Å². The van der Waals surface area contributed by atoms with Crippen molar-refractivity contribution in [3.8, 4) is 0 Å². The van der Waals surface area contributed by atoms with Gasteiger partial charge in [0, 0.05) is 60.5 Å². The molecule has 0 aliphatic carbocycles. The second kappa shape index (κ2) is 8.86. The van der Waals surface area contributed by atoms with Crippen LogP contribution in [0.3, 0.4) is 0 Å². The molecule has 180 valence electrons. The molecule has 3 aromatic heterocycles. The molecule has 4 aromatic rings. The lowest BCUT2D eigenvalue weighted by molar-refractivity contribution is -0.133. The van der Waals surface area contributed by atoms with Crippen molar-refractivity contribution in [1.82, 2.24) is 24.6 Å². The fourth-order valence-electron chi connectivity index (χ4n) is 4.47. The van der Waals surface area contributed by atoms with E-state index in [9.17, 15) is 14.0 Å². The van der Waals surface area contributed by atoms with E-state index in [0.717, 1.165) is 5.69 Å². The quantitative estimate of drug-likeness (QED) is 0.382. The molecule has 4 heterocycles. The molecular formula is C25H26FN7O2. The summed E-state index contributed by atoms with van der Waals surface area (Å²) in [6, 6.07) is 8.86. The number of rotatable bonds is 5. The van der Waals surface area contributed by atoms with E-state index in [1.165, 1.54) is 12.4 Å². The molecule has 0 radical (unpaired) electrons. The molecule has 0 atom stereocenters. The minimum atomic E-state index is -0.554. The minimum absolute atomic E-state index is 0.00849. The fraction of sp³-hybridized carbons (Fsp3) is 0.280. The summed E-state index contributed by atoms with van der Waals surface area (Å²) in [6.07, 6.45) is 3.87. The molecule has 0 saturated heterocycles. The number of nitrogens with one attached hydrogen (secondary N) is 2. The number of nitrogen functional groups attached to an aromatic ring is 1. The normalized spacial score (nSPS) is 13.8. The largest absolute Gasteiger partial charge is 0.396 e. The molecular weight excluding hydrogens is 449 g/mol. The predicted molar refractivity (Wildman–Crippen MR) is 132 cm³/mol. The van der Waals surface area contributed by atoms with Crippen molar-refractivity contribution >= 4 is 34.0 Å². The summed E-state index contributed by atoms with van der Waals surface area (Å²) < 4.78 is 16.7. The first-order valence-corrected chi connectivity index (χ1v) is 11.5. The first-order chi connectivity index (χ1) is 16.8. The Kier molecular flexibility index (Phi) is 5.72. The van der Waals surface area contributed by atoms with E-state index in [1.807, 2.05) is 24.8 Å². The van der Waals surface area contributed by atoms with Crippen molar-refractivity contribution < 1.29 is 9.18 Å². The van der Waals surface area contributed by atoms with Gasteiger partial charge >= 0.3 is 0 Å². The van der Waals surface area contributed by atoms with Crippen LogP contribution in [0.15, 0.2) is 47.5 Å². The summed E-state index contributed by atoms with van der Waals surface area (Å²) >= 11 is 0. The fourth-order valence-corrected chi connectivity index (χ4v) is 4.47. The van der Waals surface area contributed by atoms with Crippen molar-refractivity contribution in [2.75, 3.05) is 17.6 Å². The maximum atomic E-state index is 14.9. The van der Waals surface area contributed by atoms with Gasteiger partial charge in [0.25, 0.3) is 5.56 Å². The molecule has 35 heavy (non-hydrogen) atoms. The van der Waals surface area contributed by atoms with E-state index in [2.05, 4.69) is 20.4 Å². The SMILES string of the molecule is CC(C)N1CCc2cc(Nc3cc4cc(Cc5ccc[nH]c5=O)c(F)c(N)c4cn3)nn2CC1=O. The van der Waals surface area contributed by atoms with Crippen LogP contribution in [0, 0.1) is 5.82 Å². The molecule has 0 bridgehead atoms. The Balaban J connectivity index is 1.42. The number of nitrogens with zero attached hydrogens (tertiary/aromatic N) is 4. The highest BCUT2D eigenvalue weighted by molar-refractivity contribution is 5.95. The number of amides is 1. The summed E-state index contributed by atoms with van der Waals surface area (Å²) in [7, 11) is 0. The number of carbonyl (C=O) groups is 1. The molecule has 0 fully saturated rings. The van der Waals surface area contributed by atoms with E-state index in [-0.39, 0.29) is 36.2 Å². The first kappa shape index (κ1) is 22.6. The third-order valence-corrected chi connectivity index (χ3v) is 6.31. The van der Waals surface area contributed by atoms with Crippen molar-refractivity contribution in [3.05, 3.63) is 75.7 Å². The van der Waals surface area contributed by atoms with Gasteiger partial charge in [0.15, 0.2) is 5.82 Å². The van der Waals surface area contributed by atoms with E-state index in [4.69, 9.17) is 5.73 Å². The molecule has 1 aromatic carbocycles. The van der Waals surface area contributed by atoms with Gasteiger partial charge in [-0.3, -0.25) is 14.3 Å². The molecule has 0 unspecified atom stereocenters. The van der Waals surface area contributed by atoms with Gasteiger partial charge in [0.05, 0.1) is 5.69 Å². The second-order valence-corrected chi connectivity index (χ2v) is 8.99. The summed E-state index contributed by atoms with van der Waals surface area (Å²) in [5.41, 5.74) is 7.53. The number of H-pyrrole nitrogens is 1. The highest BCUT2D eigenvalue weighted by Gasteiger charge is 2.24. The molecule has 1 amide bonds. The van der Waals surface area contributed by atoms with Gasteiger partial charge in [-0.15, -0.1) is 0 Å². The number of nitrogens with two attached hydrogens (primary N) is 1. The number of benzene rings is 1. The number of aromatic amines is 1. The highest BCUT2D eigenvalue weighted by atomic mass is 19.1. The number of hydrogen-bond donors (Lipinski definition) is 3. The standard InChI is InChI=1S/C25H26FN7O2/c1-14(2)32-7-5-18-11-21(31-33(18)13-22(32)34)30-20-10-16-9-17(8-15-4-3-6-28-25(15)35)23(26)24(27)19(16)12-29-20/h3-4,6,9-12,14H,5,7-8,13,27H2,1-2H3,(H,28,35)(H,29,30,31). The Labute approximate surface area is 200 Å². The lowest BCUT2D eigenvalue weighted by Crippen LogP contribution is -2.38. The molecule has 5 rings (SSSR count). The minimum Gasteiger partial charge on any atom is -0.396 e. The van der Waals surface area contributed by atoms with Gasteiger partial charge in [-0.1, -0.05) is 6.07 Å². The van der Waals surface area contributed by atoms with E-state index < -0.39 is 5.82 Å². The van der Waals surface area contributed by atoms with Gasteiger partial charge in [0.1, 0.15) is 18.2 Å². The molecule has 1 aliphatic heterocycles. The predicted octanol–water partition coefficient (Wildman–Crippen LogP) is 2.97. The van der Waals surface area contributed by atoms with Crippen molar-refractivity contribution in [1.29, 1.82) is 0 Å². The topological polar surface area (TPSA) is 122 Å². The van der Waals surface area contributed by atoms with Crippen molar-refractivity contribution in [2.24, 2.45) is 0 Å². The Morgan fingerprint density at radius 1 is 1.20 bits per heavy atom. The molecule has 0 spiro atoms. The van der Waals surface area contributed by atoms with E-state index in [1.54, 1.807) is 28.9 Å². The zero-order chi connectivity index (χ0) is 24.7. The van der Waals surface area contributed by atoms with Crippen LogP contribution in [0.2, 0.25) is 0 Å². The third kappa shape index (κ3) is 4.34. The summed E-state index contributed by atoms with van der Waals surface area (Å²) in [6.45, 7) is 4.85. The third-order valence-electron chi connectivity index (χ3n) is 6.31. The van der Waals surface area contributed by atoms with Gasteiger partial charge in [-0.2, -0.15) is 5.10 Å². The monoisotopic (exact) mass is 475 g/mol. The Morgan fingerprint density at radius 2 is 2.03 bits per heavy atom. The van der Waals surface area contributed by atoms with Crippen LogP contribution in [0.4, 0.5) is 21.7 Å². The number of hydrogen-bond acceptors (Lipinski definition) is 6. The first-order valence-electron chi connectivity index (χ1n) is 11.5. The Bertz CT molecular complexity index is 1490. The average Bonchev–Trinajstić information content (AvgIpc) is 3.11. The summed E-state index contributed by atoms with van der Waals surface area (Å²) in [5.74, 6) is 0.569. The van der Waals surface area contributed by atoms with Crippen LogP contribution in [0.5, 0.6) is 0 Å². The molecule has 4 N–H and O–H groups in total.